The highest BCUT2D eigenvalue weighted by Crippen LogP contribution is 2.28. The van der Waals surface area contributed by atoms with Gasteiger partial charge in [0.25, 0.3) is 5.91 Å². The summed E-state index contributed by atoms with van der Waals surface area (Å²) < 4.78 is 22.9. The van der Waals surface area contributed by atoms with E-state index in [9.17, 15) is 24.1 Å². The van der Waals surface area contributed by atoms with Crippen molar-refractivity contribution in [2.75, 3.05) is 14.2 Å². The summed E-state index contributed by atoms with van der Waals surface area (Å²) in [4.78, 5) is 34.8. The van der Waals surface area contributed by atoms with Crippen LogP contribution in [0.1, 0.15) is 15.9 Å². The molecule has 1 atom stereocenters. The number of benzene rings is 2. The van der Waals surface area contributed by atoms with Crippen molar-refractivity contribution in [3.63, 3.8) is 0 Å². The van der Waals surface area contributed by atoms with E-state index in [1.54, 1.807) is 0 Å². The molecule has 0 fully saturated rings. The molecule has 0 radical (unpaired) electrons. The Balaban J connectivity index is 2.25. The van der Waals surface area contributed by atoms with Gasteiger partial charge in [-0.1, -0.05) is 12.1 Å². The predicted octanol–water partition coefficient (Wildman–Crippen LogP) is 2.26. The van der Waals surface area contributed by atoms with Crippen LogP contribution in [0.25, 0.3) is 0 Å². The van der Waals surface area contributed by atoms with Crippen LogP contribution in [-0.4, -0.2) is 37.1 Å². The summed E-state index contributed by atoms with van der Waals surface area (Å²) in [6.07, 6.45) is -0.0570. The number of halogens is 1. The highest BCUT2D eigenvalue weighted by Gasteiger charge is 2.24. The van der Waals surface area contributed by atoms with Crippen LogP contribution in [0.3, 0.4) is 0 Å². The quantitative estimate of drug-likeness (QED) is 0.451. The summed E-state index contributed by atoms with van der Waals surface area (Å²) in [6, 6.07) is 8.05. The van der Waals surface area contributed by atoms with E-state index in [0.29, 0.717) is 5.56 Å². The minimum absolute atomic E-state index is 0.0321. The normalized spacial score (nSPS) is 11.4. The van der Waals surface area contributed by atoms with E-state index in [1.807, 2.05) is 0 Å². The standard InChI is InChI=1S/C18H17FN2O6/c1-26-16-7-6-11(9-15(16)21(24)25)8-14(18(23)27-2)20-17(22)12-4-3-5-13(19)10-12/h3-7,9-10,14H,8H2,1-2H3,(H,20,22)/t14-/m1/s1. The molecule has 1 amide bonds. The Labute approximate surface area is 154 Å². The fourth-order valence-corrected chi connectivity index (χ4v) is 2.45. The van der Waals surface area contributed by atoms with Crippen molar-refractivity contribution in [3.05, 3.63) is 69.5 Å². The zero-order valence-electron chi connectivity index (χ0n) is 14.6. The molecular weight excluding hydrogens is 359 g/mol. The molecule has 0 aliphatic rings. The lowest BCUT2D eigenvalue weighted by atomic mass is 10.0. The van der Waals surface area contributed by atoms with Crippen molar-refractivity contribution in [1.82, 2.24) is 5.32 Å². The Morgan fingerprint density at radius 3 is 2.56 bits per heavy atom. The molecule has 0 bridgehead atoms. The fourth-order valence-electron chi connectivity index (χ4n) is 2.45. The number of nitrogens with one attached hydrogen (secondary N) is 1. The van der Waals surface area contributed by atoms with E-state index in [4.69, 9.17) is 4.74 Å². The lowest BCUT2D eigenvalue weighted by molar-refractivity contribution is -0.385. The summed E-state index contributed by atoms with van der Waals surface area (Å²) in [6.45, 7) is 0. The van der Waals surface area contributed by atoms with Gasteiger partial charge in [0.2, 0.25) is 0 Å². The zero-order valence-corrected chi connectivity index (χ0v) is 14.6. The van der Waals surface area contributed by atoms with Gasteiger partial charge in [0, 0.05) is 18.1 Å². The first-order chi connectivity index (χ1) is 12.8. The SMILES string of the molecule is COC(=O)[C@@H](Cc1ccc(OC)c([N+](=O)[O-])c1)NC(=O)c1cccc(F)c1. The summed E-state index contributed by atoms with van der Waals surface area (Å²) in [5, 5.41) is 13.6. The van der Waals surface area contributed by atoms with Gasteiger partial charge in [0.1, 0.15) is 11.9 Å². The molecule has 0 aromatic heterocycles. The summed E-state index contributed by atoms with van der Waals surface area (Å²) in [7, 11) is 2.46. The molecule has 0 aliphatic carbocycles. The van der Waals surface area contributed by atoms with Crippen LogP contribution in [0.2, 0.25) is 0 Å². The highest BCUT2D eigenvalue weighted by molar-refractivity contribution is 5.96. The molecule has 1 N–H and O–H groups in total. The van der Waals surface area contributed by atoms with Crippen LogP contribution < -0.4 is 10.1 Å². The Morgan fingerprint density at radius 2 is 1.96 bits per heavy atom. The Morgan fingerprint density at radius 1 is 1.22 bits per heavy atom. The van der Waals surface area contributed by atoms with Crippen molar-refractivity contribution < 1.29 is 28.4 Å². The minimum atomic E-state index is -1.11. The van der Waals surface area contributed by atoms with Crippen LogP contribution in [0.4, 0.5) is 10.1 Å². The van der Waals surface area contributed by atoms with Crippen LogP contribution >= 0.6 is 0 Å². The third-order valence-electron chi connectivity index (χ3n) is 3.76. The maximum Gasteiger partial charge on any atom is 0.328 e. The van der Waals surface area contributed by atoms with E-state index >= 15 is 0 Å². The zero-order chi connectivity index (χ0) is 20.0. The number of ether oxygens (including phenoxy) is 2. The topological polar surface area (TPSA) is 108 Å². The summed E-state index contributed by atoms with van der Waals surface area (Å²) in [5.74, 6) is -1.93. The van der Waals surface area contributed by atoms with Crippen LogP contribution in [0, 0.1) is 15.9 Å². The summed E-state index contributed by atoms with van der Waals surface area (Å²) >= 11 is 0. The van der Waals surface area contributed by atoms with Crippen LogP contribution in [0.15, 0.2) is 42.5 Å². The number of hydrogen-bond donors (Lipinski definition) is 1. The molecular formula is C18H17FN2O6. The highest BCUT2D eigenvalue weighted by atomic mass is 19.1. The van der Waals surface area contributed by atoms with Crippen molar-refractivity contribution in [2.24, 2.45) is 0 Å². The lowest BCUT2D eigenvalue weighted by Crippen LogP contribution is -2.43. The van der Waals surface area contributed by atoms with Crippen molar-refractivity contribution in [1.29, 1.82) is 0 Å². The van der Waals surface area contributed by atoms with Gasteiger partial charge in [-0.2, -0.15) is 0 Å². The molecule has 0 saturated heterocycles. The van der Waals surface area contributed by atoms with E-state index in [0.717, 1.165) is 13.2 Å². The number of carbonyl (C=O) groups is 2. The minimum Gasteiger partial charge on any atom is -0.490 e. The number of carbonyl (C=O) groups excluding carboxylic acids is 2. The maximum absolute atomic E-state index is 13.3. The monoisotopic (exact) mass is 376 g/mol. The Kier molecular flexibility index (Phi) is 6.42. The number of methoxy groups -OCH3 is 2. The number of nitro benzene ring substituents is 1. The lowest BCUT2D eigenvalue weighted by Gasteiger charge is -2.17. The van der Waals surface area contributed by atoms with E-state index in [2.05, 4.69) is 10.1 Å². The molecule has 2 aromatic rings. The van der Waals surface area contributed by atoms with Gasteiger partial charge in [-0.05, 0) is 29.8 Å². The van der Waals surface area contributed by atoms with Gasteiger partial charge < -0.3 is 14.8 Å². The van der Waals surface area contributed by atoms with Crippen molar-refractivity contribution in [3.8, 4) is 5.75 Å². The van der Waals surface area contributed by atoms with E-state index in [1.165, 1.54) is 43.5 Å². The molecule has 27 heavy (non-hydrogen) atoms. The second-order valence-electron chi connectivity index (χ2n) is 5.53. The molecule has 0 unspecified atom stereocenters. The predicted molar refractivity (Wildman–Crippen MR) is 93.0 cm³/mol. The molecule has 0 spiro atoms. The molecule has 2 aromatic carbocycles. The second kappa shape index (κ2) is 8.75. The van der Waals surface area contributed by atoms with Crippen molar-refractivity contribution >= 4 is 17.6 Å². The number of nitro groups is 1. The number of nitrogens with zero attached hydrogens (tertiary/aromatic N) is 1. The average molecular weight is 376 g/mol. The van der Waals surface area contributed by atoms with Gasteiger partial charge in [-0.3, -0.25) is 14.9 Å². The smallest absolute Gasteiger partial charge is 0.328 e. The molecule has 0 aliphatic heterocycles. The summed E-state index contributed by atoms with van der Waals surface area (Å²) in [5.41, 5.74) is 0.178. The van der Waals surface area contributed by atoms with Gasteiger partial charge >= 0.3 is 11.7 Å². The Hall–Kier alpha value is -3.49. The molecule has 142 valence electrons. The van der Waals surface area contributed by atoms with Gasteiger partial charge in [0.15, 0.2) is 5.75 Å². The van der Waals surface area contributed by atoms with Gasteiger partial charge in [0.05, 0.1) is 19.1 Å². The van der Waals surface area contributed by atoms with Crippen LogP contribution in [0.5, 0.6) is 5.75 Å². The third kappa shape index (κ3) is 5.00. The van der Waals surface area contributed by atoms with E-state index in [-0.39, 0.29) is 23.4 Å². The van der Waals surface area contributed by atoms with E-state index < -0.39 is 28.7 Å². The number of esters is 1. The maximum atomic E-state index is 13.3. The first kappa shape index (κ1) is 19.8. The average Bonchev–Trinajstić information content (AvgIpc) is 2.66. The van der Waals surface area contributed by atoms with Gasteiger partial charge in [-0.15, -0.1) is 0 Å². The molecule has 8 nitrogen and oxygen atoms in total. The van der Waals surface area contributed by atoms with Crippen LogP contribution in [-0.2, 0) is 16.0 Å². The molecule has 0 saturated carbocycles. The number of rotatable bonds is 7. The Bertz CT molecular complexity index is 871. The number of hydrogen-bond acceptors (Lipinski definition) is 6. The van der Waals surface area contributed by atoms with Gasteiger partial charge in [-0.25, -0.2) is 9.18 Å². The fraction of sp³-hybridized carbons (Fsp3) is 0.222. The first-order valence-electron chi connectivity index (χ1n) is 7.81. The first-order valence-corrected chi connectivity index (χ1v) is 7.81. The number of amides is 1. The molecule has 9 heteroatoms. The molecule has 2 rings (SSSR count). The third-order valence-corrected chi connectivity index (χ3v) is 3.76. The largest absolute Gasteiger partial charge is 0.490 e. The second-order valence-corrected chi connectivity index (χ2v) is 5.53. The molecule has 0 heterocycles. The van der Waals surface area contributed by atoms with Crippen molar-refractivity contribution in [2.45, 2.75) is 12.5 Å².